The average Bonchev–Trinajstić information content (AvgIpc) is 2.44. The maximum absolute atomic E-state index is 12.0. The van der Waals surface area contributed by atoms with E-state index in [2.05, 4.69) is 5.32 Å². The summed E-state index contributed by atoms with van der Waals surface area (Å²) in [5.74, 6) is -0.0676. The van der Waals surface area contributed by atoms with E-state index in [0.717, 1.165) is 0 Å². The van der Waals surface area contributed by atoms with Crippen molar-refractivity contribution in [2.75, 3.05) is 12.3 Å². The van der Waals surface area contributed by atoms with Crippen LogP contribution in [0.2, 0.25) is 0 Å². The van der Waals surface area contributed by atoms with Crippen LogP contribution in [-0.4, -0.2) is 43.2 Å². The van der Waals surface area contributed by atoms with Gasteiger partial charge in [0, 0.05) is 18.5 Å². The Morgan fingerprint density at radius 1 is 1.45 bits per heavy atom. The highest BCUT2D eigenvalue weighted by Crippen LogP contribution is 2.39. The van der Waals surface area contributed by atoms with Crippen molar-refractivity contribution in [3.8, 4) is 0 Å². The minimum Gasteiger partial charge on any atom is -0.444 e. The summed E-state index contributed by atoms with van der Waals surface area (Å²) in [6.45, 7) is 8.89. The maximum atomic E-state index is 12.0. The van der Waals surface area contributed by atoms with Crippen LogP contribution in [0.1, 0.15) is 41.0 Å². The first-order chi connectivity index (χ1) is 8.90. The molecule has 6 nitrogen and oxygen atoms in total. The lowest BCUT2D eigenvalue weighted by molar-refractivity contribution is 0.0483. The topological polar surface area (TPSA) is 98.5 Å². The molecule has 0 bridgehead atoms. The molecule has 1 saturated heterocycles. The zero-order valence-electron chi connectivity index (χ0n) is 12.9. The lowest BCUT2D eigenvalue weighted by Crippen LogP contribution is -2.52. The molecule has 1 rings (SSSR count). The molecule has 2 unspecified atom stereocenters. The Bertz CT molecular complexity index is 465. The molecule has 0 aromatic heterocycles. The number of rotatable bonds is 3. The second-order valence-corrected chi connectivity index (χ2v) is 9.50. The highest BCUT2D eigenvalue weighted by atomic mass is 32.2. The number of carbonyl (C=O) groups excluding carboxylic acids is 1. The van der Waals surface area contributed by atoms with Gasteiger partial charge in [0.25, 0.3) is 0 Å². The second kappa shape index (κ2) is 5.52. The third-order valence-electron chi connectivity index (χ3n) is 3.83. The van der Waals surface area contributed by atoms with Gasteiger partial charge < -0.3 is 15.8 Å². The maximum Gasteiger partial charge on any atom is 0.407 e. The van der Waals surface area contributed by atoms with Gasteiger partial charge in [-0.05, 0) is 41.0 Å². The number of nitrogens with two attached hydrogens (primary N) is 1. The monoisotopic (exact) mass is 306 g/mol. The van der Waals surface area contributed by atoms with Crippen LogP contribution in [0, 0.1) is 5.92 Å². The van der Waals surface area contributed by atoms with Gasteiger partial charge in [-0.3, -0.25) is 0 Å². The van der Waals surface area contributed by atoms with E-state index in [1.807, 2.05) is 0 Å². The van der Waals surface area contributed by atoms with Gasteiger partial charge in [-0.15, -0.1) is 0 Å². The van der Waals surface area contributed by atoms with Gasteiger partial charge in [0.05, 0.1) is 10.5 Å². The van der Waals surface area contributed by atoms with Crippen LogP contribution in [-0.2, 0) is 14.6 Å². The number of nitrogens with one attached hydrogen (secondary N) is 1. The summed E-state index contributed by atoms with van der Waals surface area (Å²) in [6, 6.07) is -0.405. The van der Waals surface area contributed by atoms with E-state index in [4.69, 9.17) is 10.5 Å². The predicted molar refractivity (Wildman–Crippen MR) is 78.2 cm³/mol. The number of hydrogen-bond acceptors (Lipinski definition) is 5. The van der Waals surface area contributed by atoms with Gasteiger partial charge in [0.2, 0.25) is 0 Å². The van der Waals surface area contributed by atoms with E-state index < -0.39 is 32.3 Å². The van der Waals surface area contributed by atoms with E-state index >= 15 is 0 Å². The first-order valence-corrected chi connectivity index (χ1v) is 8.48. The number of amides is 1. The summed E-state index contributed by atoms with van der Waals surface area (Å²) in [6.07, 6.45) is -0.0551. The summed E-state index contributed by atoms with van der Waals surface area (Å²) in [5.41, 5.74) is 5.11. The Kier molecular flexibility index (Phi) is 4.76. The fraction of sp³-hybridized carbons (Fsp3) is 0.923. The fourth-order valence-corrected chi connectivity index (χ4v) is 4.43. The van der Waals surface area contributed by atoms with Crippen molar-refractivity contribution in [3.63, 3.8) is 0 Å². The van der Waals surface area contributed by atoms with Crippen LogP contribution in [0.25, 0.3) is 0 Å². The Labute approximate surface area is 121 Å². The van der Waals surface area contributed by atoms with Crippen LogP contribution >= 0.6 is 0 Å². The van der Waals surface area contributed by atoms with Crippen molar-refractivity contribution >= 4 is 15.9 Å². The summed E-state index contributed by atoms with van der Waals surface area (Å²) >= 11 is 0. The molecule has 0 saturated carbocycles. The quantitative estimate of drug-likeness (QED) is 0.812. The summed E-state index contributed by atoms with van der Waals surface area (Å²) in [5, 5.41) is 2.71. The largest absolute Gasteiger partial charge is 0.444 e. The van der Waals surface area contributed by atoms with Crippen LogP contribution < -0.4 is 11.1 Å². The van der Waals surface area contributed by atoms with Gasteiger partial charge in [-0.1, -0.05) is 0 Å². The molecule has 0 aliphatic carbocycles. The molecule has 1 aliphatic rings. The number of carbonyl (C=O) groups is 1. The average molecular weight is 306 g/mol. The summed E-state index contributed by atoms with van der Waals surface area (Å²) < 4.78 is 28.4. The van der Waals surface area contributed by atoms with Gasteiger partial charge in [-0.2, -0.15) is 0 Å². The first-order valence-electron chi connectivity index (χ1n) is 6.82. The Balaban J connectivity index is 2.81. The van der Waals surface area contributed by atoms with Crippen molar-refractivity contribution in [2.24, 2.45) is 11.7 Å². The zero-order valence-corrected chi connectivity index (χ0v) is 13.7. The predicted octanol–water partition coefficient (Wildman–Crippen LogP) is 1.05. The molecular formula is C13H26N2O4S. The van der Waals surface area contributed by atoms with E-state index in [9.17, 15) is 13.2 Å². The van der Waals surface area contributed by atoms with Crippen LogP contribution in [0.3, 0.4) is 0 Å². The normalized spacial score (nSPS) is 26.0. The van der Waals surface area contributed by atoms with Gasteiger partial charge >= 0.3 is 6.09 Å². The molecule has 1 amide bonds. The molecule has 20 heavy (non-hydrogen) atoms. The molecule has 1 aliphatic heterocycles. The molecular weight excluding hydrogens is 280 g/mol. The second-order valence-electron chi connectivity index (χ2n) is 6.81. The number of ether oxygens (including phenoxy) is 1. The SMILES string of the molecule is CC(C)(C)OC(=O)NC(CN)C1CCS(=O)(=O)C1(C)C. The van der Waals surface area contributed by atoms with Gasteiger partial charge in [0.15, 0.2) is 9.84 Å². The van der Waals surface area contributed by atoms with Crippen molar-refractivity contribution in [1.82, 2.24) is 5.32 Å². The van der Waals surface area contributed by atoms with Crippen molar-refractivity contribution in [3.05, 3.63) is 0 Å². The van der Waals surface area contributed by atoms with Crippen LogP contribution in [0.4, 0.5) is 4.79 Å². The minimum absolute atomic E-state index is 0.136. The standard InChI is InChI=1S/C13H26N2O4S/c1-12(2,3)19-11(16)15-10(8-14)9-6-7-20(17,18)13(9,4)5/h9-10H,6-8,14H2,1-5H3,(H,15,16). The third-order valence-corrected chi connectivity index (χ3v) is 6.51. The van der Waals surface area contributed by atoms with Crippen molar-refractivity contribution < 1.29 is 17.9 Å². The molecule has 118 valence electrons. The van der Waals surface area contributed by atoms with Crippen LogP contribution in [0.5, 0.6) is 0 Å². The molecule has 0 radical (unpaired) electrons. The van der Waals surface area contributed by atoms with E-state index in [-0.39, 0.29) is 18.2 Å². The smallest absolute Gasteiger partial charge is 0.407 e. The lowest BCUT2D eigenvalue weighted by atomic mass is 9.86. The molecule has 1 heterocycles. The molecule has 2 atom stereocenters. The minimum atomic E-state index is -3.15. The zero-order chi connectivity index (χ0) is 15.8. The molecule has 0 aromatic rings. The molecule has 3 N–H and O–H groups in total. The molecule has 7 heteroatoms. The first kappa shape index (κ1) is 17.2. The van der Waals surface area contributed by atoms with Crippen molar-refractivity contribution in [1.29, 1.82) is 0 Å². The van der Waals surface area contributed by atoms with E-state index in [0.29, 0.717) is 6.42 Å². The molecule has 0 aromatic carbocycles. The Morgan fingerprint density at radius 3 is 2.35 bits per heavy atom. The number of sulfone groups is 1. The van der Waals surface area contributed by atoms with Gasteiger partial charge in [0.1, 0.15) is 5.60 Å². The molecule has 1 fully saturated rings. The number of hydrogen-bond donors (Lipinski definition) is 2. The van der Waals surface area contributed by atoms with Gasteiger partial charge in [-0.25, -0.2) is 13.2 Å². The number of alkyl carbamates (subject to hydrolysis) is 1. The lowest BCUT2D eigenvalue weighted by Gasteiger charge is -2.33. The van der Waals surface area contributed by atoms with Crippen LogP contribution in [0.15, 0.2) is 0 Å². The van der Waals surface area contributed by atoms with Crippen molar-refractivity contribution in [2.45, 2.75) is 57.4 Å². The highest BCUT2D eigenvalue weighted by Gasteiger charge is 2.50. The Hall–Kier alpha value is -0.820. The fourth-order valence-electron chi connectivity index (χ4n) is 2.59. The van der Waals surface area contributed by atoms with E-state index in [1.165, 1.54) is 0 Å². The van der Waals surface area contributed by atoms with E-state index in [1.54, 1.807) is 34.6 Å². The summed E-state index contributed by atoms with van der Waals surface area (Å²) in [7, 11) is -3.15. The Morgan fingerprint density at radius 2 is 2.00 bits per heavy atom. The highest BCUT2D eigenvalue weighted by molar-refractivity contribution is 7.93. The summed E-state index contributed by atoms with van der Waals surface area (Å²) in [4.78, 5) is 11.8. The molecule has 0 spiro atoms. The third kappa shape index (κ3) is 3.63.